The summed E-state index contributed by atoms with van der Waals surface area (Å²) in [5.41, 5.74) is 8.56. The van der Waals surface area contributed by atoms with Crippen LogP contribution >= 0.6 is 0 Å². The maximum Gasteiger partial charge on any atom is 0.0886 e. The summed E-state index contributed by atoms with van der Waals surface area (Å²) in [6, 6.07) is 3.62. The van der Waals surface area contributed by atoms with Crippen LogP contribution in [-0.4, -0.2) is 9.97 Å². The van der Waals surface area contributed by atoms with E-state index < -0.39 is 0 Å². The first-order chi connectivity index (χ1) is 5.36. The largest absolute Gasteiger partial charge is 0.299 e. The van der Waals surface area contributed by atoms with E-state index in [2.05, 4.69) is 9.97 Å². The fraction of sp³-hybridized carbons (Fsp3) is 0. The van der Waals surface area contributed by atoms with Crippen LogP contribution < -0.4 is 5.73 Å². The SMILES string of the molecule is [NH]c1cnc2cnccc2c1. The topological polar surface area (TPSA) is 49.6 Å². The van der Waals surface area contributed by atoms with Gasteiger partial charge in [0.05, 0.1) is 23.6 Å². The summed E-state index contributed by atoms with van der Waals surface area (Å²) >= 11 is 0. The second-order valence-corrected chi connectivity index (χ2v) is 2.29. The Balaban J connectivity index is 2.83. The molecule has 0 bridgehead atoms. The van der Waals surface area contributed by atoms with Gasteiger partial charge < -0.3 is 0 Å². The predicted octanol–water partition coefficient (Wildman–Crippen LogP) is 1.54. The van der Waals surface area contributed by atoms with Crippen LogP contribution in [0, 0.1) is 0 Å². The second-order valence-electron chi connectivity index (χ2n) is 2.29. The van der Waals surface area contributed by atoms with Gasteiger partial charge in [-0.2, -0.15) is 0 Å². The highest BCUT2D eigenvalue weighted by Gasteiger charge is 1.92. The van der Waals surface area contributed by atoms with E-state index in [1.165, 1.54) is 6.20 Å². The minimum Gasteiger partial charge on any atom is -0.299 e. The maximum absolute atomic E-state index is 7.29. The number of pyridine rings is 2. The molecule has 2 aromatic rings. The molecular weight excluding hydrogens is 138 g/mol. The fourth-order valence-electron chi connectivity index (χ4n) is 0.971. The lowest BCUT2D eigenvalue weighted by atomic mass is 10.2. The highest BCUT2D eigenvalue weighted by molar-refractivity contribution is 5.79. The zero-order valence-corrected chi connectivity index (χ0v) is 5.78. The number of nitrogens with zero attached hydrogens (tertiary/aromatic N) is 2. The molecule has 0 spiro atoms. The van der Waals surface area contributed by atoms with Gasteiger partial charge in [0.2, 0.25) is 0 Å². The van der Waals surface area contributed by atoms with Crippen LogP contribution in [0.1, 0.15) is 0 Å². The quantitative estimate of drug-likeness (QED) is 0.563. The van der Waals surface area contributed by atoms with Crippen LogP contribution in [0.25, 0.3) is 10.9 Å². The molecule has 2 aromatic heterocycles. The van der Waals surface area contributed by atoms with Gasteiger partial charge in [-0.15, -0.1) is 0 Å². The average molecular weight is 144 g/mol. The zero-order valence-electron chi connectivity index (χ0n) is 5.78. The van der Waals surface area contributed by atoms with Crippen molar-refractivity contribution in [3.05, 3.63) is 30.7 Å². The van der Waals surface area contributed by atoms with Crippen molar-refractivity contribution in [1.82, 2.24) is 15.7 Å². The van der Waals surface area contributed by atoms with E-state index in [4.69, 9.17) is 5.73 Å². The molecule has 0 saturated heterocycles. The number of hydrogen-bond donors (Lipinski definition) is 0. The molecule has 0 unspecified atom stereocenters. The Morgan fingerprint density at radius 1 is 1.27 bits per heavy atom. The summed E-state index contributed by atoms with van der Waals surface area (Å²) in [5.74, 6) is 0. The average Bonchev–Trinajstić information content (AvgIpc) is 2.04. The third-order valence-corrected chi connectivity index (χ3v) is 1.49. The van der Waals surface area contributed by atoms with E-state index in [-0.39, 0.29) is 0 Å². The third kappa shape index (κ3) is 1.00. The van der Waals surface area contributed by atoms with Crippen LogP contribution in [0.2, 0.25) is 0 Å². The Morgan fingerprint density at radius 3 is 3.09 bits per heavy atom. The van der Waals surface area contributed by atoms with Crippen LogP contribution in [0.4, 0.5) is 5.69 Å². The smallest absolute Gasteiger partial charge is 0.0886 e. The van der Waals surface area contributed by atoms with Crippen LogP contribution in [0.15, 0.2) is 30.7 Å². The molecule has 0 saturated carbocycles. The Kier molecular flexibility index (Phi) is 1.22. The van der Waals surface area contributed by atoms with E-state index in [9.17, 15) is 0 Å². The molecule has 3 nitrogen and oxygen atoms in total. The molecular formula is C8H6N3. The molecule has 0 atom stereocenters. The summed E-state index contributed by atoms with van der Waals surface area (Å²) in [6.07, 6.45) is 4.90. The first-order valence-corrected chi connectivity index (χ1v) is 3.27. The molecule has 0 aliphatic heterocycles. The first-order valence-electron chi connectivity index (χ1n) is 3.27. The lowest BCUT2D eigenvalue weighted by Gasteiger charge is -1.94. The molecule has 53 valence electrons. The molecule has 3 heteroatoms. The van der Waals surface area contributed by atoms with Crippen molar-refractivity contribution >= 4 is 16.6 Å². The lowest BCUT2D eigenvalue weighted by Crippen LogP contribution is -1.79. The van der Waals surface area contributed by atoms with Crippen molar-refractivity contribution in [2.75, 3.05) is 0 Å². The zero-order chi connectivity index (χ0) is 7.68. The van der Waals surface area contributed by atoms with Gasteiger partial charge in [-0.1, -0.05) is 0 Å². The van der Waals surface area contributed by atoms with Gasteiger partial charge in [0, 0.05) is 11.6 Å². The van der Waals surface area contributed by atoms with Crippen molar-refractivity contribution in [1.29, 1.82) is 0 Å². The van der Waals surface area contributed by atoms with Crippen LogP contribution in [-0.2, 0) is 0 Å². The summed E-state index contributed by atoms with van der Waals surface area (Å²) in [5, 5.41) is 0.965. The Bertz CT molecular complexity index is 384. The highest BCUT2D eigenvalue weighted by Crippen LogP contribution is 2.12. The van der Waals surface area contributed by atoms with Gasteiger partial charge >= 0.3 is 0 Å². The van der Waals surface area contributed by atoms with Crippen LogP contribution in [0.5, 0.6) is 0 Å². The number of nitrogens with one attached hydrogen (secondary N) is 1. The first kappa shape index (κ1) is 6.09. The van der Waals surface area contributed by atoms with Gasteiger partial charge in [-0.25, -0.2) is 0 Å². The van der Waals surface area contributed by atoms with Crippen molar-refractivity contribution in [3.8, 4) is 0 Å². The molecule has 1 N–H and O–H groups in total. The van der Waals surface area contributed by atoms with Gasteiger partial charge in [0.1, 0.15) is 0 Å². The van der Waals surface area contributed by atoms with E-state index in [1.54, 1.807) is 18.5 Å². The third-order valence-electron chi connectivity index (χ3n) is 1.49. The second kappa shape index (κ2) is 2.20. The lowest BCUT2D eigenvalue weighted by molar-refractivity contribution is 1.30. The summed E-state index contributed by atoms with van der Waals surface area (Å²) in [4.78, 5) is 7.95. The molecule has 2 heterocycles. The molecule has 0 fully saturated rings. The molecule has 1 radical (unpaired) electrons. The molecule has 11 heavy (non-hydrogen) atoms. The Labute approximate surface area is 63.9 Å². The van der Waals surface area contributed by atoms with E-state index in [1.807, 2.05) is 6.07 Å². The maximum atomic E-state index is 7.29. The van der Waals surface area contributed by atoms with Gasteiger partial charge in [-0.3, -0.25) is 15.7 Å². The van der Waals surface area contributed by atoms with Crippen molar-refractivity contribution in [3.63, 3.8) is 0 Å². The van der Waals surface area contributed by atoms with E-state index >= 15 is 0 Å². The standard InChI is InChI=1S/C8H6N3/c9-7-3-6-1-2-10-5-8(6)11-4-7/h1-5,9H. The minimum atomic E-state index is 0.434. The van der Waals surface area contributed by atoms with Crippen molar-refractivity contribution < 1.29 is 0 Å². The Morgan fingerprint density at radius 2 is 2.18 bits per heavy atom. The molecule has 2 rings (SSSR count). The normalized spacial score (nSPS) is 10.2. The van der Waals surface area contributed by atoms with E-state index in [0.717, 1.165) is 10.9 Å². The molecule has 0 aromatic carbocycles. The van der Waals surface area contributed by atoms with Gasteiger partial charge in [0.25, 0.3) is 0 Å². The highest BCUT2D eigenvalue weighted by atomic mass is 14.7. The minimum absolute atomic E-state index is 0.434. The van der Waals surface area contributed by atoms with Crippen molar-refractivity contribution in [2.45, 2.75) is 0 Å². The molecule has 0 aliphatic rings. The van der Waals surface area contributed by atoms with Gasteiger partial charge in [-0.05, 0) is 12.1 Å². The van der Waals surface area contributed by atoms with Gasteiger partial charge in [0.15, 0.2) is 0 Å². The number of hydrogen-bond acceptors (Lipinski definition) is 2. The number of aromatic nitrogens is 2. The number of fused-ring (bicyclic) bond motifs is 1. The molecule has 0 amide bonds. The predicted molar refractivity (Wildman–Crippen MR) is 42.3 cm³/mol. The Hall–Kier alpha value is -1.64. The van der Waals surface area contributed by atoms with Crippen molar-refractivity contribution in [2.24, 2.45) is 0 Å². The van der Waals surface area contributed by atoms with Crippen LogP contribution in [0.3, 0.4) is 0 Å². The summed E-state index contributed by atoms with van der Waals surface area (Å²) in [6.45, 7) is 0. The summed E-state index contributed by atoms with van der Waals surface area (Å²) in [7, 11) is 0. The monoisotopic (exact) mass is 144 g/mol. The van der Waals surface area contributed by atoms with E-state index in [0.29, 0.717) is 5.69 Å². The summed E-state index contributed by atoms with van der Waals surface area (Å²) < 4.78 is 0. The number of rotatable bonds is 0. The fourth-order valence-corrected chi connectivity index (χ4v) is 0.971. The molecule has 0 aliphatic carbocycles.